The van der Waals surface area contributed by atoms with E-state index in [1.54, 1.807) is 24.3 Å². The summed E-state index contributed by atoms with van der Waals surface area (Å²) in [6.45, 7) is 0.278. The van der Waals surface area contributed by atoms with Crippen molar-refractivity contribution in [2.75, 3.05) is 0 Å². The molecule has 0 aliphatic rings. The lowest BCUT2D eigenvalue weighted by Gasteiger charge is -2.11. The van der Waals surface area contributed by atoms with Gasteiger partial charge in [-0.15, -0.1) is 0 Å². The molecule has 0 amide bonds. The topological polar surface area (TPSA) is 79.0 Å². The van der Waals surface area contributed by atoms with Crippen molar-refractivity contribution in [3.63, 3.8) is 0 Å². The zero-order chi connectivity index (χ0) is 23.2. The van der Waals surface area contributed by atoms with E-state index in [0.717, 1.165) is 28.7 Å². The maximum atomic E-state index is 14.1. The van der Waals surface area contributed by atoms with Crippen LogP contribution < -0.4 is 4.74 Å². The summed E-state index contributed by atoms with van der Waals surface area (Å²) in [7, 11) is 0. The molecule has 0 atom stereocenters. The number of nitrogens with one attached hydrogen (secondary N) is 2. The summed E-state index contributed by atoms with van der Waals surface area (Å²) in [5, 5.41) is 16.2. The summed E-state index contributed by atoms with van der Waals surface area (Å²) in [5.74, 6) is -1.22. The number of aromatic nitrogens is 1. The molecule has 0 saturated heterocycles. The minimum atomic E-state index is -0.766. The van der Waals surface area contributed by atoms with Crippen molar-refractivity contribution in [3.05, 3.63) is 107 Å². The van der Waals surface area contributed by atoms with Gasteiger partial charge in [0.2, 0.25) is 5.90 Å². The van der Waals surface area contributed by atoms with Gasteiger partial charge in [-0.2, -0.15) is 0 Å². The summed E-state index contributed by atoms with van der Waals surface area (Å²) in [6.07, 6.45) is 1.99. The second kappa shape index (κ2) is 9.82. The lowest BCUT2D eigenvalue weighted by atomic mass is 10.0. The third kappa shape index (κ3) is 5.27. The predicted molar refractivity (Wildman–Crippen MR) is 124 cm³/mol. The Hall–Kier alpha value is -4.39. The van der Waals surface area contributed by atoms with Crippen molar-refractivity contribution in [2.24, 2.45) is 0 Å². The number of fused-ring (bicyclic) bond motifs is 1. The second-order valence-electron chi connectivity index (χ2n) is 7.10. The fourth-order valence-electron chi connectivity index (χ4n) is 3.25. The molecular weight excluding hydrogens is 424 g/mol. The first-order valence-corrected chi connectivity index (χ1v) is 10.0. The minimum Gasteiger partial charge on any atom is -0.487 e. The molecule has 3 aromatic carbocycles. The van der Waals surface area contributed by atoms with Crippen LogP contribution in [0, 0.1) is 22.5 Å². The van der Waals surface area contributed by atoms with Crippen molar-refractivity contribution < 1.29 is 18.3 Å². The molecule has 0 saturated carbocycles. The number of para-hydroxylation sites is 1. The van der Waals surface area contributed by atoms with Crippen LogP contribution in [0.2, 0.25) is 0 Å². The highest BCUT2D eigenvalue weighted by Gasteiger charge is 2.12. The van der Waals surface area contributed by atoms with Crippen molar-refractivity contribution >= 4 is 34.9 Å². The van der Waals surface area contributed by atoms with Gasteiger partial charge in [-0.1, -0.05) is 36.4 Å². The summed E-state index contributed by atoms with van der Waals surface area (Å²) in [6, 6.07) is 21.7. The number of rotatable bonds is 7. The number of hydrogen-bond acceptors (Lipinski definition) is 5. The van der Waals surface area contributed by atoms with Crippen LogP contribution in [0.5, 0.6) is 5.75 Å². The Morgan fingerprint density at radius 2 is 1.73 bits per heavy atom. The molecule has 33 heavy (non-hydrogen) atoms. The molecule has 4 rings (SSSR count). The number of nitrogens with zero attached hydrogens (tertiary/aromatic N) is 1. The van der Waals surface area contributed by atoms with Crippen molar-refractivity contribution in [3.8, 4) is 5.75 Å². The molecule has 1 heterocycles. The lowest BCUT2D eigenvalue weighted by Crippen LogP contribution is -2.05. The third-order valence-corrected chi connectivity index (χ3v) is 4.89. The molecule has 5 nitrogen and oxygen atoms in total. The number of halogens is 2. The highest BCUT2D eigenvalue weighted by molar-refractivity contribution is 6.24. The van der Waals surface area contributed by atoms with Crippen LogP contribution in [0.4, 0.5) is 8.78 Å². The molecule has 2 N–H and O–H groups in total. The van der Waals surface area contributed by atoms with E-state index in [0.29, 0.717) is 17.7 Å². The Bertz CT molecular complexity index is 1350. The highest BCUT2D eigenvalue weighted by Crippen LogP contribution is 2.24. The van der Waals surface area contributed by atoms with Crippen molar-refractivity contribution in [2.45, 2.75) is 6.61 Å². The van der Waals surface area contributed by atoms with Crippen molar-refractivity contribution in [1.82, 2.24) is 4.98 Å². The maximum Gasteiger partial charge on any atom is 0.221 e. The molecule has 4 aromatic rings. The molecule has 0 unspecified atom stereocenters. The zero-order valence-electron chi connectivity index (χ0n) is 17.4. The van der Waals surface area contributed by atoms with Crippen LogP contribution in [0.15, 0.2) is 78.9 Å². The zero-order valence-corrected chi connectivity index (χ0v) is 17.4. The Balaban J connectivity index is 1.54. The monoisotopic (exact) mass is 443 g/mol. The van der Waals surface area contributed by atoms with Gasteiger partial charge < -0.3 is 9.47 Å². The van der Waals surface area contributed by atoms with E-state index in [1.807, 2.05) is 36.4 Å². The van der Waals surface area contributed by atoms with Crippen LogP contribution in [0.1, 0.15) is 16.8 Å². The molecule has 0 fully saturated rings. The molecule has 0 aliphatic carbocycles. The first-order chi connectivity index (χ1) is 16.0. The van der Waals surface area contributed by atoms with Crippen LogP contribution in [0.3, 0.4) is 0 Å². The summed E-state index contributed by atoms with van der Waals surface area (Å²) in [5.41, 5.74) is 2.54. The first kappa shape index (κ1) is 21.8. The summed E-state index contributed by atoms with van der Waals surface area (Å²) in [4.78, 5) is 4.58. The predicted octanol–water partition coefficient (Wildman–Crippen LogP) is 6.23. The van der Waals surface area contributed by atoms with E-state index < -0.39 is 11.6 Å². The maximum absolute atomic E-state index is 14.1. The molecular formula is C26H19F2N3O2. The summed E-state index contributed by atoms with van der Waals surface area (Å²) < 4.78 is 38.1. The quantitative estimate of drug-likeness (QED) is 0.202. The SMILES string of the molecule is N=COC(=N)C(=Cc1ccc(F)cc1F)c1ccc(OCc2ccc3ccccc3n2)cc1. The Morgan fingerprint density at radius 1 is 0.939 bits per heavy atom. The molecule has 7 heteroatoms. The van der Waals surface area contributed by atoms with Crippen LogP contribution >= 0.6 is 0 Å². The molecule has 0 radical (unpaired) electrons. The van der Waals surface area contributed by atoms with E-state index in [2.05, 4.69) is 4.98 Å². The fourth-order valence-corrected chi connectivity index (χ4v) is 3.25. The van der Waals surface area contributed by atoms with Gasteiger partial charge in [0.25, 0.3) is 0 Å². The molecule has 1 aromatic heterocycles. The Labute approximate surface area is 189 Å². The number of benzene rings is 3. The van der Waals surface area contributed by atoms with Gasteiger partial charge in [-0.05, 0) is 48.0 Å². The average Bonchev–Trinajstić information content (AvgIpc) is 2.83. The highest BCUT2D eigenvalue weighted by atomic mass is 19.1. The van der Waals surface area contributed by atoms with Crippen LogP contribution in [0.25, 0.3) is 22.6 Å². The largest absolute Gasteiger partial charge is 0.487 e. The molecule has 0 aliphatic heterocycles. The minimum absolute atomic E-state index is 0.0902. The Kier molecular flexibility index (Phi) is 6.50. The second-order valence-corrected chi connectivity index (χ2v) is 7.10. The smallest absolute Gasteiger partial charge is 0.221 e. The van der Waals surface area contributed by atoms with Crippen molar-refractivity contribution in [1.29, 1.82) is 10.8 Å². The van der Waals surface area contributed by atoms with Gasteiger partial charge in [0, 0.05) is 22.6 Å². The van der Waals surface area contributed by atoms with E-state index in [-0.39, 0.29) is 23.6 Å². The van der Waals surface area contributed by atoms with E-state index in [4.69, 9.17) is 20.3 Å². The Morgan fingerprint density at radius 3 is 2.48 bits per heavy atom. The number of ether oxygens (including phenoxy) is 2. The van der Waals surface area contributed by atoms with Gasteiger partial charge in [0.1, 0.15) is 24.0 Å². The fraction of sp³-hybridized carbons (Fsp3) is 0.0385. The van der Waals surface area contributed by atoms with Gasteiger partial charge >= 0.3 is 0 Å². The van der Waals surface area contributed by atoms with Crippen LogP contribution in [-0.2, 0) is 11.3 Å². The standard InChI is InChI=1S/C26H19F2N3O2/c27-20-9-5-19(24(28)14-20)13-23(26(30)33-16-29)17-7-11-22(12-8-17)32-15-21-10-6-18-3-1-2-4-25(18)31-21/h1-14,16,29-30H,15H2. The van der Waals surface area contributed by atoms with Gasteiger partial charge in [-0.25, -0.2) is 13.8 Å². The van der Waals surface area contributed by atoms with Gasteiger partial charge in [0.05, 0.1) is 11.2 Å². The van der Waals surface area contributed by atoms with Gasteiger partial charge in [0.15, 0.2) is 6.40 Å². The van der Waals surface area contributed by atoms with Gasteiger partial charge in [-0.3, -0.25) is 10.8 Å². The average molecular weight is 443 g/mol. The van der Waals surface area contributed by atoms with E-state index in [1.165, 1.54) is 12.1 Å². The van der Waals surface area contributed by atoms with E-state index in [9.17, 15) is 8.78 Å². The lowest BCUT2D eigenvalue weighted by molar-refractivity contribution is 0.302. The van der Waals surface area contributed by atoms with Crippen LogP contribution in [-0.4, -0.2) is 17.3 Å². The molecule has 0 spiro atoms. The summed E-state index contributed by atoms with van der Waals surface area (Å²) >= 11 is 0. The molecule has 0 bridgehead atoms. The van der Waals surface area contributed by atoms with E-state index >= 15 is 0 Å². The first-order valence-electron chi connectivity index (χ1n) is 10.0. The molecule has 164 valence electrons. The normalized spacial score (nSPS) is 11.3. The third-order valence-electron chi connectivity index (χ3n) is 4.89. The number of hydrogen-bond donors (Lipinski definition) is 2. The number of pyridine rings is 1.